The van der Waals surface area contributed by atoms with E-state index in [1.165, 1.54) is 0 Å². The number of nitrogens with two attached hydrogens (primary N) is 1. The molecule has 0 saturated carbocycles. The average molecular weight is 232 g/mol. The van der Waals surface area contributed by atoms with Crippen LogP contribution >= 0.6 is 15.9 Å². The van der Waals surface area contributed by atoms with Gasteiger partial charge in [0.15, 0.2) is 0 Å². The van der Waals surface area contributed by atoms with Crippen molar-refractivity contribution in [2.75, 3.05) is 0 Å². The van der Waals surface area contributed by atoms with Crippen molar-refractivity contribution in [3.8, 4) is 0 Å². The minimum atomic E-state index is 0.498. The summed E-state index contributed by atoms with van der Waals surface area (Å²) >= 11 is 3.43. The molecule has 0 aromatic carbocycles. The summed E-state index contributed by atoms with van der Waals surface area (Å²) in [6.07, 6.45) is 1.80. The summed E-state index contributed by atoms with van der Waals surface area (Å²) in [7, 11) is 0. The van der Waals surface area contributed by atoms with Crippen LogP contribution in [0.2, 0.25) is 0 Å². The van der Waals surface area contributed by atoms with Crippen molar-refractivity contribution >= 4 is 15.9 Å². The van der Waals surface area contributed by atoms with Gasteiger partial charge in [0.2, 0.25) is 0 Å². The third kappa shape index (κ3) is 2.08. The van der Waals surface area contributed by atoms with Crippen LogP contribution in [0, 0.1) is 5.92 Å². The predicted molar refractivity (Wildman–Crippen MR) is 52.7 cm³/mol. The fraction of sp³-hybridized carbons (Fsp3) is 0.625. The van der Waals surface area contributed by atoms with Gasteiger partial charge in [-0.15, -0.1) is 0 Å². The fourth-order valence-electron chi connectivity index (χ4n) is 1.11. The van der Waals surface area contributed by atoms with Crippen LogP contribution in [0.3, 0.4) is 0 Å². The Hall–Kier alpha value is -0.350. The minimum absolute atomic E-state index is 0.498. The lowest BCUT2D eigenvalue weighted by atomic mass is 10.2. The molecule has 68 valence electrons. The van der Waals surface area contributed by atoms with Gasteiger partial charge in [0.1, 0.15) is 10.4 Å². The Morgan fingerprint density at radius 2 is 2.33 bits per heavy atom. The highest BCUT2D eigenvalue weighted by Crippen LogP contribution is 2.14. The average Bonchev–Trinajstić information content (AvgIpc) is 2.32. The lowest BCUT2D eigenvalue weighted by molar-refractivity contribution is 0.501. The van der Waals surface area contributed by atoms with Gasteiger partial charge in [0, 0.05) is 6.54 Å². The molecule has 0 saturated heterocycles. The monoisotopic (exact) mass is 231 g/mol. The van der Waals surface area contributed by atoms with Crippen LogP contribution in [0.15, 0.2) is 10.8 Å². The molecule has 0 bridgehead atoms. The summed E-state index contributed by atoms with van der Waals surface area (Å²) < 4.78 is 3.11. The summed E-state index contributed by atoms with van der Waals surface area (Å²) in [4.78, 5) is 4.18. The van der Waals surface area contributed by atoms with Gasteiger partial charge in [-0.2, -0.15) is 0 Å². The lowest BCUT2D eigenvalue weighted by Crippen LogP contribution is -2.12. The van der Waals surface area contributed by atoms with E-state index in [9.17, 15) is 0 Å². The zero-order chi connectivity index (χ0) is 9.14. The number of rotatable bonds is 3. The summed E-state index contributed by atoms with van der Waals surface area (Å²) in [5.41, 5.74) is 5.54. The van der Waals surface area contributed by atoms with Gasteiger partial charge < -0.3 is 10.3 Å². The maximum absolute atomic E-state index is 5.54. The summed E-state index contributed by atoms with van der Waals surface area (Å²) in [6, 6.07) is 0. The number of nitrogens with zero attached hydrogens (tertiary/aromatic N) is 2. The van der Waals surface area contributed by atoms with E-state index in [2.05, 4.69) is 39.3 Å². The molecule has 1 aromatic rings. The number of imidazole rings is 1. The van der Waals surface area contributed by atoms with Crippen LogP contribution in [0.1, 0.15) is 19.7 Å². The van der Waals surface area contributed by atoms with Crippen LogP contribution in [-0.4, -0.2) is 9.55 Å². The van der Waals surface area contributed by atoms with E-state index in [1.54, 1.807) is 6.20 Å². The van der Waals surface area contributed by atoms with Crippen LogP contribution in [0.4, 0.5) is 0 Å². The first-order valence-electron chi connectivity index (χ1n) is 4.05. The molecule has 1 rings (SSSR count). The van der Waals surface area contributed by atoms with Gasteiger partial charge in [0.05, 0.1) is 12.7 Å². The van der Waals surface area contributed by atoms with Crippen molar-refractivity contribution in [3.63, 3.8) is 0 Å². The van der Waals surface area contributed by atoms with Gasteiger partial charge in [0.25, 0.3) is 0 Å². The Balaban J connectivity index is 2.86. The molecular formula is C8H14BrN3. The van der Waals surface area contributed by atoms with Crippen molar-refractivity contribution in [1.82, 2.24) is 9.55 Å². The molecule has 2 N–H and O–H groups in total. The van der Waals surface area contributed by atoms with Gasteiger partial charge in [-0.25, -0.2) is 4.98 Å². The van der Waals surface area contributed by atoms with Crippen molar-refractivity contribution < 1.29 is 0 Å². The van der Waals surface area contributed by atoms with E-state index in [-0.39, 0.29) is 0 Å². The molecule has 3 nitrogen and oxygen atoms in total. The van der Waals surface area contributed by atoms with Crippen molar-refractivity contribution in [2.45, 2.75) is 26.9 Å². The standard InChI is InChI=1S/C8H14BrN3/c1-6(2)5-12-7(9)4-11-8(12)3-10/h4,6H,3,5,10H2,1-2H3. The molecule has 0 amide bonds. The molecule has 0 fully saturated rings. The summed E-state index contributed by atoms with van der Waals surface area (Å²) in [5.74, 6) is 1.55. The quantitative estimate of drug-likeness (QED) is 0.862. The Labute approximate surface area is 81.1 Å². The van der Waals surface area contributed by atoms with E-state index < -0.39 is 0 Å². The Morgan fingerprint density at radius 1 is 1.67 bits per heavy atom. The topological polar surface area (TPSA) is 43.8 Å². The number of hydrogen-bond donors (Lipinski definition) is 1. The molecule has 12 heavy (non-hydrogen) atoms. The van der Waals surface area contributed by atoms with Crippen LogP contribution in [0.25, 0.3) is 0 Å². The zero-order valence-corrected chi connectivity index (χ0v) is 9.00. The maximum Gasteiger partial charge on any atom is 0.123 e. The smallest absolute Gasteiger partial charge is 0.123 e. The van der Waals surface area contributed by atoms with E-state index in [0.717, 1.165) is 17.0 Å². The van der Waals surface area contributed by atoms with E-state index in [4.69, 9.17) is 5.73 Å². The van der Waals surface area contributed by atoms with E-state index in [0.29, 0.717) is 12.5 Å². The number of aromatic nitrogens is 2. The van der Waals surface area contributed by atoms with Gasteiger partial charge >= 0.3 is 0 Å². The zero-order valence-electron chi connectivity index (χ0n) is 7.42. The highest BCUT2D eigenvalue weighted by molar-refractivity contribution is 9.10. The first-order chi connectivity index (χ1) is 5.65. The predicted octanol–water partition coefficient (Wildman–Crippen LogP) is 1.76. The third-order valence-corrected chi connectivity index (χ3v) is 2.25. The van der Waals surface area contributed by atoms with E-state index in [1.807, 2.05) is 0 Å². The molecule has 1 aromatic heterocycles. The molecule has 0 radical (unpaired) electrons. The van der Waals surface area contributed by atoms with Gasteiger partial charge in [-0.3, -0.25) is 0 Å². The molecule has 0 aliphatic rings. The first-order valence-corrected chi connectivity index (χ1v) is 4.84. The van der Waals surface area contributed by atoms with Crippen LogP contribution in [0.5, 0.6) is 0 Å². The summed E-state index contributed by atoms with van der Waals surface area (Å²) in [5, 5.41) is 0. The minimum Gasteiger partial charge on any atom is -0.324 e. The van der Waals surface area contributed by atoms with Gasteiger partial charge in [-0.1, -0.05) is 13.8 Å². The SMILES string of the molecule is CC(C)Cn1c(Br)cnc1CN. The summed E-state index contributed by atoms with van der Waals surface area (Å²) in [6.45, 7) is 5.81. The second kappa shape index (κ2) is 4.05. The van der Waals surface area contributed by atoms with Gasteiger partial charge in [-0.05, 0) is 21.8 Å². The first kappa shape index (κ1) is 9.74. The van der Waals surface area contributed by atoms with Crippen LogP contribution < -0.4 is 5.73 Å². The second-order valence-electron chi connectivity index (χ2n) is 3.21. The third-order valence-electron chi connectivity index (χ3n) is 1.62. The van der Waals surface area contributed by atoms with Crippen molar-refractivity contribution in [3.05, 3.63) is 16.6 Å². The molecule has 0 aliphatic carbocycles. The highest BCUT2D eigenvalue weighted by atomic mass is 79.9. The molecule has 0 unspecified atom stereocenters. The lowest BCUT2D eigenvalue weighted by Gasteiger charge is -2.10. The Morgan fingerprint density at radius 3 is 2.83 bits per heavy atom. The fourth-order valence-corrected chi connectivity index (χ4v) is 1.56. The largest absolute Gasteiger partial charge is 0.324 e. The molecule has 4 heteroatoms. The molecular weight excluding hydrogens is 218 g/mol. The van der Waals surface area contributed by atoms with E-state index >= 15 is 0 Å². The maximum atomic E-state index is 5.54. The molecule has 0 atom stereocenters. The Bertz CT molecular complexity index is 255. The highest BCUT2D eigenvalue weighted by Gasteiger charge is 2.06. The van der Waals surface area contributed by atoms with Crippen molar-refractivity contribution in [1.29, 1.82) is 0 Å². The number of hydrogen-bond acceptors (Lipinski definition) is 2. The Kier molecular flexibility index (Phi) is 3.29. The molecule has 0 spiro atoms. The molecule has 0 aliphatic heterocycles. The normalized spacial score (nSPS) is 11.1. The van der Waals surface area contributed by atoms with Crippen LogP contribution in [-0.2, 0) is 13.1 Å². The second-order valence-corrected chi connectivity index (χ2v) is 4.02. The number of halogens is 1. The molecule has 1 heterocycles. The van der Waals surface area contributed by atoms with Crippen molar-refractivity contribution in [2.24, 2.45) is 11.7 Å².